The predicted octanol–water partition coefficient (Wildman–Crippen LogP) is 3.75. The van der Waals surface area contributed by atoms with Gasteiger partial charge in [-0.05, 0) is 48.5 Å². The number of nitrogens with zero attached hydrogens (tertiary/aromatic N) is 4. The first-order chi connectivity index (χ1) is 10.9. The Labute approximate surface area is 127 Å². The van der Waals surface area contributed by atoms with E-state index in [0.29, 0.717) is 0 Å². The molecule has 0 amide bonds. The van der Waals surface area contributed by atoms with E-state index in [2.05, 4.69) is 19.9 Å². The molecule has 0 aromatic carbocycles. The van der Waals surface area contributed by atoms with E-state index in [-0.39, 0.29) is 0 Å². The quantitative estimate of drug-likeness (QED) is 0.562. The molecule has 4 aromatic heterocycles. The molecule has 0 spiro atoms. The zero-order valence-corrected chi connectivity index (χ0v) is 11.7. The van der Waals surface area contributed by atoms with Gasteiger partial charge in [-0.15, -0.1) is 0 Å². The molecule has 0 N–H and O–H groups in total. The van der Waals surface area contributed by atoms with E-state index in [1.807, 2.05) is 60.7 Å². The zero-order valence-electron chi connectivity index (χ0n) is 11.7. The van der Waals surface area contributed by atoms with Gasteiger partial charge in [0.2, 0.25) is 0 Å². The first-order valence-electron chi connectivity index (χ1n) is 7.01. The highest BCUT2D eigenvalue weighted by Gasteiger charge is 2.06. The molecule has 104 valence electrons. The van der Waals surface area contributed by atoms with Gasteiger partial charge < -0.3 is 0 Å². The summed E-state index contributed by atoms with van der Waals surface area (Å²) >= 11 is 0. The van der Waals surface area contributed by atoms with E-state index in [0.717, 1.165) is 33.8 Å². The highest BCUT2D eigenvalue weighted by molar-refractivity contribution is 5.77. The van der Waals surface area contributed by atoms with Crippen LogP contribution in [-0.2, 0) is 0 Å². The van der Waals surface area contributed by atoms with E-state index >= 15 is 0 Å². The summed E-state index contributed by atoms with van der Waals surface area (Å²) in [7, 11) is 0. The van der Waals surface area contributed by atoms with Gasteiger partial charge >= 0.3 is 0 Å². The molecule has 4 aromatic rings. The molecule has 4 heteroatoms. The van der Waals surface area contributed by atoms with Crippen molar-refractivity contribution < 1.29 is 0 Å². The molecule has 4 nitrogen and oxygen atoms in total. The van der Waals surface area contributed by atoms with Gasteiger partial charge in [0.15, 0.2) is 5.65 Å². The van der Waals surface area contributed by atoms with Crippen molar-refractivity contribution in [2.45, 2.75) is 0 Å². The summed E-state index contributed by atoms with van der Waals surface area (Å²) in [5, 5.41) is 1.02. The van der Waals surface area contributed by atoms with E-state index in [4.69, 9.17) is 0 Å². The summed E-state index contributed by atoms with van der Waals surface area (Å²) in [5.41, 5.74) is 4.04. The van der Waals surface area contributed by atoms with Gasteiger partial charge in [0.05, 0.1) is 22.8 Å². The summed E-state index contributed by atoms with van der Waals surface area (Å²) in [4.78, 5) is 17.9. The number of hydrogen-bond donors (Lipinski definition) is 0. The van der Waals surface area contributed by atoms with Crippen molar-refractivity contribution in [3.05, 3.63) is 73.1 Å². The molecule has 0 aliphatic carbocycles. The van der Waals surface area contributed by atoms with E-state index < -0.39 is 0 Å². The van der Waals surface area contributed by atoms with Crippen molar-refractivity contribution in [2.75, 3.05) is 0 Å². The first kappa shape index (κ1) is 12.6. The summed E-state index contributed by atoms with van der Waals surface area (Å²) < 4.78 is 0. The third-order valence-corrected chi connectivity index (χ3v) is 3.40. The molecule has 4 heterocycles. The fourth-order valence-electron chi connectivity index (χ4n) is 2.33. The topological polar surface area (TPSA) is 51.6 Å². The lowest BCUT2D eigenvalue weighted by molar-refractivity contribution is 1.22. The lowest BCUT2D eigenvalue weighted by atomic mass is 10.2. The highest BCUT2D eigenvalue weighted by Crippen LogP contribution is 2.21. The van der Waals surface area contributed by atoms with Crippen LogP contribution in [-0.4, -0.2) is 19.9 Å². The summed E-state index contributed by atoms with van der Waals surface area (Å²) in [6.45, 7) is 0. The Balaban J connectivity index is 1.81. The van der Waals surface area contributed by atoms with Gasteiger partial charge in [-0.1, -0.05) is 12.1 Å². The minimum absolute atomic E-state index is 0.727. The second-order valence-corrected chi connectivity index (χ2v) is 4.87. The van der Waals surface area contributed by atoms with Crippen molar-refractivity contribution in [1.29, 1.82) is 0 Å². The first-order valence-corrected chi connectivity index (χ1v) is 7.01. The van der Waals surface area contributed by atoms with Gasteiger partial charge in [0.25, 0.3) is 0 Å². The van der Waals surface area contributed by atoms with Crippen molar-refractivity contribution in [2.24, 2.45) is 0 Å². The van der Waals surface area contributed by atoms with Crippen LogP contribution < -0.4 is 0 Å². The Bertz CT molecular complexity index is 935. The maximum atomic E-state index is 4.67. The van der Waals surface area contributed by atoms with Crippen molar-refractivity contribution in [1.82, 2.24) is 19.9 Å². The fraction of sp³-hybridized carbons (Fsp3) is 0. The molecule has 0 aliphatic heterocycles. The van der Waals surface area contributed by atoms with Gasteiger partial charge in [-0.2, -0.15) is 0 Å². The second-order valence-electron chi connectivity index (χ2n) is 4.87. The van der Waals surface area contributed by atoms with Crippen molar-refractivity contribution in [3.8, 4) is 22.8 Å². The van der Waals surface area contributed by atoms with E-state index in [1.165, 1.54) is 0 Å². The second kappa shape index (κ2) is 5.33. The number of pyridine rings is 4. The average molecular weight is 284 g/mol. The molecule has 0 saturated heterocycles. The Kier molecular flexibility index (Phi) is 3.05. The molecule has 0 saturated carbocycles. The smallest absolute Gasteiger partial charge is 0.159 e. The fourth-order valence-corrected chi connectivity index (χ4v) is 2.33. The Morgan fingerprint density at radius 3 is 2.14 bits per heavy atom. The Morgan fingerprint density at radius 2 is 1.27 bits per heavy atom. The molecule has 0 aliphatic rings. The largest absolute Gasteiger partial charge is 0.255 e. The highest BCUT2D eigenvalue weighted by atomic mass is 14.9. The van der Waals surface area contributed by atoms with Gasteiger partial charge in [0, 0.05) is 17.8 Å². The maximum Gasteiger partial charge on any atom is 0.159 e. The number of rotatable bonds is 2. The standard InChI is InChI=1S/C18H12N4/c1-2-11-19-14(6-1)15-7-3-8-16(21-15)17-10-9-13-5-4-12-20-18(13)22-17/h1-12H. The molecule has 0 radical (unpaired) electrons. The molecule has 0 bridgehead atoms. The molecule has 0 unspecified atom stereocenters. The van der Waals surface area contributed by atoms with Crippen LogP contribution in [0.25, 0.3) is 33.8 Å². The van der Waals surface area contributed by atoms with Crippen LogP contribution in [0.5, 0.6) is 0 Å². The molecule has 0 atom stereocenters. The monoisotopic (exact) mass is 284 g/mol. The van der Waals surface area contributed by atoms with Crippen LogP contribution in [0.4, 0.5) is 0 Å². The molecule has 22 heavy (non-hydrogen) atoms. The summed E-state index contributed by atoms with van der Waals surface area (Å²) in [6, 6.07) is 19.5. The van der Waals surface area contributed by atoms with Crippen LogP contribution in [0.2, 0.25) is 0 Å². The van der Waals surface area contributed by atoms with Crippen LogP contribution in [0.15, 0.2) is 73.1 Å². The Morgan fingerprint density at radius 1 is 0.500 bits per heavy atom. The van der Waals surface area contributed by atoms with Crippen LogP contribution in [0.3, 0.4) is 0 Å². The molecule has 0 fully saturated rings. The molecular weight excluding hydrogens is 272 g/mol. The zero-order chi connectivity index (χ0) is 14.8. The minimum atomic E-state index is 0.727. The SMILES string of the molecule is c1ccc(-c2cccc(-c3ccc4cccnc4n3)n2)nc1. The van der Waals surface area contributed by atoms with E-state index in [1.54, 1.807) is 12.4 Å². The predicted molar refractivity (Wildman–Crippen MR) is 86.0 cm³/mol. The van der Waals surface area contributed by atoms with Crippen LogP contribution >= 0.6 is 0 Å². The molecular formula is C18H12N4. The van der Waals surface area contributed by atoms with E-state index in [9.17, 15) is 0 Å². The van der Waals surface area contributed by atoms with Gasteiger partial charge in [-0.25, -0.2) is 15.0 Å². The lowest BCUT2D eigenvalue weighted by Gasteiger charge is -2.04. The van der Waals surface area contributed by atoms with Crippen molar-refractivity contribution in [3.63, 3.8) is 0 Å². The third-order valence-electron chi connectivity index (χ3n) is 3.40. The van der Waals surface area contributed by atoms with Crippen LogP contribution in [0.1, 0.15) is 0 Å². The minimum Gasteiger partial charge on any atom is -0.255 e. The third kappa shape index (κ3) is 2.31. The normalized spacial score (nSPS) is 10.7. The van der Waals surface area contributed by atoms with Crippen molar-refractivity contribution >= 4 is 11.0 Å². The number of hydrogen-bond acceptors (Lipinski definition) is 4. The lowest BCUT2D eigenvalue weighted by Crippen LogP contribution is -1.92. The Hall–Kier alpha value is -3.14. The number of aromatic nitrogens is 4. The van der Waals surface area contributed by atoms with Gasteiger partial charge in [0.1, 0.15) is 0 Å². The number of fused-ring (bicyclic) bond motifs is 1. The average Bonchev–Trinajstić information content (AvgIpc) is 2.62. The molecule has 4 rings (SSSR count). The van der Waals surface area contributed by atoms with Gasteiger partial charge in [-0.3, -0.25) is 4.98 Å². The summed E-state index contributed by atoms with van der Waals surface area (Å²) in [6.07, 6.45) is 3.51. The summed E-state index contributed by atoms with van der Waals surface area (Å²) in [5.74, 6) is 0. The van der Waals surface area contributed by atoms with Crippen LogP contribution in [0, 0.1) is 0 Å². The maximum absolute atomic E-state index is 4.67.